The molecular weight excluding hydrogens is 544 g/mol. The molecule has 1 amide bonds. The number of hydrazone groups is 1. The fraction of sp³-hybridized carbons (Fsp3) is 0.0870. The van der Waals surface area contributed by atoms with Crippen LogP contribution in [0.5, 0.6) is 17.2 Å². The van der Waals surface area contributed by atoms with Gasteiger partial charge in [-0.15, -0.1) is 0 Å². The lowest BCUT2D eigenvalue weighted by Crippen LogP contribution is -2.42. The first-order valence-electron chi connectivity index (χ1n) is 9.48. The van der Waals surface area contributed by atoms with Gasteiger partial charge in [0.2, 0.25) is 6.10 Å². The summed E-state index contributed by atoms with van der Waals surface area (Å²) in [6.45, 7) is 0.0747. The Morgan fingerprint density at radius 1 is 1.00 bits per heavy atom. The van der Waals surface area contributed by atoms with Crippen molar-refractivity contribution in [1.29, 1.82) is 0 Å². The first-order valence-corrected chi connectivity index (χ1v) is 11.1. The molecule has 162 valence electrons. The third-order valence-corrected chi connectivity index (χ3v) is 5.46. The Labute approximate surface area is 200 Å². The molecule has 0 saturated carbocycles. The van der Waals surface area contributed by atoms with Crippen molar-refractivity contribution in [3.05, 3.63) is 86.8 Å². The fourth-order valence-electron chi connectivity index (χ4n) is 2.84. The number of carbonyl (C=O) groups excluding carboxylic acids is 2. The molecule has 3 aromatic carbocycles. The first-order chi connectivity index (χ1) is 15.5. The van der Waals surface area contributed by atoms with Gasteiger partial charge in [0, 0.05) is 14.5 Å². The number of fused-ring (bicyclic) bond motifs is 1. The molecule has 0 aliphatic carbocycles. The molecule has 1 unspecified atom stereocenters. The Morgan fingerprint density at radius 3 is 2.50 bits per heavy atom. The molecule has 0 spiro atoms. The molecule has 0 radical (unpaired) electrons. The Morgan fingerprint density at radius 2 is 1.72 bits per heavy atom. The van der Waals surface area contributed by atoms with Gasteiger partial charge in [0.25, 0.3) is 5.91 Å². The second kappa shape index (κ2) is 9.97. The van der Waals surface area contributed by atoms with E-state index in [-0.39, 0.29) is 6.61 Å². The number of benzene rings is 3. The number of hydrogen-bond donors (Lipinski definition) is 1. The predicted molar refractivity (Wildman–Crippen MR) is 125 cm³/mol. The molecule has 3 aromatic rings. The zero-order valence-electron chi connectivity index (χ0n) is 16.5. The smallest absolute Gasteiger partial charge is 0.343 e. The van der Waals surface area contributed by atoms with Gasteiger partial charge in [-0.05, 0) is 54.6 Å². The number of para-hydroxylation sites is 2. The topological polar surface area (TPSA) is 86.2 Å². The van der Waals surface area contributed by atoms with E-state index in [9.17, 15) is 9.59 Å². The van der Waals surface area contributed by atoms with Crippen LogP contribution in [-0.2, 0) is 4.79 Å². The van der Waals surface area contributed by atoms with Gasteiger partial charge in [0.05, 0.1) is 11.8 Å². The fourth-order valence-corrected chi connectivity index (χ4v) is 3.49. The van der Waals surface area contributed by atoms with E-state index in [0.29, 0.717) is 28.4 Å². The molecule has 1 aliphatic rings. The van der Waals surface area contributed by atoms with Crippen molar-refractivity contribution < 1.29 is 23.8 Å². The van der Waals surface area contributed by atoms with Gasteiger partial charge < -0.3 is 14.2 Å². The van der Waals surface area contributed by atoms with Crippen LogP contribution in [0, 0.1) is 0 Å². The lowest BCUT2D eigenvalue weighted by molar-refractivity contribution is -0.130. The van der Waals surface area contributed by atoms with Gasteiger partial charge >= 0.3 is 5.97 Å². The highest BCUT2D eigenvalue weighted by Crippen LogP contribution is 2.30. The van der Waals surface area contributed by atoms with Crippen LogP contribution in [0.25, 0.3) is 0 Å². The normalized spacial score (nSPS) is 14.8. The number of hydrogen-bond acceptors (Lipinski definition) is 6. The quantitative estimate of drug-likeness (QED) is 0.211. The number of rotatable bonds is 5. The maximum absolute atomic E-state index is 12.5. The van der Waals surface area contributed by atoms with Gasteiger partial charge in [-0.25, -0.2) is 10.2 Å². The highest BCUT2D eigenvalue weighted by Gasteiger charge is 2.27. The highest BCUT2D eigenvalue weighted by molar-refractivity contribution is 9.10. The van der Waals surface area contributed by atoms with Crippen LogP contribution in [0.3, 0.4) is 0 Å². The van der Waals surface area contributed by atoms with Crippen LogP contribution in [0.15, 0.2) is 80.8 Å². The summed E-state index contributed by atoms with van der Waals surface area (Å²) in [4.78, 5) is 24.9. The van der Waals surface area contributed by atoms with E-state index in [0.717, 1.165) is 8.95 Å². The van der Waals surface area contributed by atoms with Crippen LogP contribution < -0.4 is 19.6 Å². The Kier molecular flexibility index (Phi) is 6.87. The van der Waals surface area contributed by atoms with E-state index in [4.69, 9.17) is 14.2 Å². The van der Waals surface area contributed by atoms with Crippen molar-refractivity contribution in [2.75, 3.05) is 6.61 Å². The molecule has 0 bridgehead atoms. The average molecular weight is 560 g/mol. The standard InChI is InChI=1S/C23H16Br2N2O5/c24-16-7-5-14(6-8-16)23(29)32-18-10-9-17(25)11-15(18)12-26-27-22(28)21-13-30-19-3-1-2-4-20(19)31-21/h1-12,21H,13H2,(H,27,28). The van der Waals surface area contributed by atoms with Crippen LogP contribution in [0.1, 0.15) is 15.9 Å². The van der Waals surface area contributed by atoms with Crippen LogP contribution >= 0.6 is 31.9 Å². The minimum absolute atomic E-state index is 0.0747. The van der Waals surface area contributed by atoms with Crippen LogP contribution in [0.4, 0.5) is 0 Å². The van der Waals surface area contributed by atoms with Gasteiger partial charge in [-0.3, -0.25) is 4.79 Å². The van der Waals surface area contributed by atoms with E-state index < -0.39 is 18.0 Å². The summed E-state index contributed by atoms with van der Waals surface area (Å²) in [6, 6.07) is 19.0. The molecule has 1 heterocycles. The van der Waals surface area contributed by atoms with Gasteiger partial charge in [-0.1, -0.05) is 44.0 Å². The SMILES string of the molecule is O=C(Oc1ccc(Br)cc1C=NNC(=O)C1COc2ccccc2O1)c1ccc(Br)cc1. The van der Waals surface area contributed by atoms with Crippen molar-refractivity contribution in [3.8, 4) is 17.2 Å². The van der Waals surface area contributed by atoms with Crippen molar-refractivity contribution >= 4 is 50.0 Å². The Balaban J connectivity index is 1.42. The largest absolute Gasteiger partial charge is 0.485 e. The highest BCUT2D eigenvalue weighted by atomic mass is 79.9. The average Bonchev–Trinajstić information content (AvgIpc) is 2.80. The molecule has 1 N–H and O–H groups in total. The Hall–Kier alpha value is -3.17. The number of nitrogens with zero attached hydrogens (tertiary/aromatic N) is 1. The minimum Gasteiger partial charge on any atom is -0.485 e. The van der Waals surface area contributed by atoms with Crippen LogP contribution in [0.2, 0.25) is 0 Å². The van der Waals surface area contributed by atoms with Gasteiger partial charge in [-0.2, -0.15) is 5.10 Å². The molecular formula is C23H16Br2N2O5. The Bertz CT molecular complexity index is 1180. The molecule has 0 saturated heterocycles. The maximum Gasteiger partial charge on any atom is 0.343 e. The molecule has 7 nitrogen and oxygen atoms in total. The second-order valence-corrected chi connectivity index (χ2v) is 8.51. The molecule has 0 fully saturated rings. The van der Waals surface area contributed by atoms with Crippen molar-refractivity contribution in [2.24, 2.45) is 5.10 Å². The summed E-state index contributed by atoms with van der Waals surface area (Å²) < 4.78 is 18.3. The maximum atomic E-state index is 12.5. The number of esters is 1. The van der Waals surface area contributed by atoms with E-state index in [1.54, 1.807) is 60.7 Å². The summed E-state index contributed by atoms with van der Waals surface area (Å²) in [5.74, 6) is 0.415. The number of carbonyl (C=O) groups is 2. The summed E-state index contributed by atoms with van der Waals surface area (Å²) in [6.07, 6.45) is 0.559. The number of halogens is 2. The third-order valence-electron chi connectivity index (χ3n) is 4.43. The number of nitrogens with one attached hydrogen (secondary N) is 1. The summed E-state index contributed by atoms with van der Waals surface area (Å²) in [5, 5.41) is 3.99. The summed E-state index contributed by atoms with van der Waals surface area (Å²) in [7, 11) is 0. The molecule has 9 heteroatoms. The molecule has 0 aromatic heterocycles. The second-order valence-electron chi connectivity index (χ2n) is 6.68. The molecule has 4 rings (SSSR count). The molecule has 1 atom stereocenters. The first kappa shape index (κ1) is 22.0. The van der Waals surface area contributed by atoms with Crippen molar-refractivity contribution in [2.45, 2.75) is 6.10 Å². The number of amides is 1. The van der Waals surface area contributed by atoms with Crippen LogP contribution in [-0.4, -0.2) is 30.8 Å². The lowest BCUT2D eigenvalue weighted by Gasteiger charge is -2.24. The van der Waals surface area contributed by atoms with Gasteiger partial charge in [0.1, 0.15) is 12.4 Å². The zero-order valence-corrected chi connectivity index (χ0v) is 19.6. The lowest BCUT2D eigenvalue weighted by atomic mass is 10.2. The van der Waals surface area contributed by atoms with E-state index in [1.165, 1.54) is 6.21 Å². The summed E-state index contributed by atoms with van der Waals surface area (Å²) in [5.41, 5.74) is 3.34. The van der Waals surface area contributed by atoms with Crippen molar-refractivity contribution in [1.82, 2.24) is 5.43 Å². The van der Waals surface area contributed by atoms with E-state index in [1.807, 2.05) is 6.07 Å². The van der Waals surface area contributed by atoms with E-state index >= 15 is 0 Å². The molecule has 1 aliphatic heterocycles. The third kappa shape index (κ3) is 5.35. The minimum atomic E-state index is -0.834. The molecule has 32 heavy (non-hydrogen) atoms. The predicted octanol–water partition coefficient (Wildman–Crippen LogP) is 4.72. The number of ether oxygens (including phenoxy) is 3. The van der Waals surface area contributed by atoms with Gasteiger partial charge in [0.15, 0.2) is 11.5 Å². The van der Waals surface area contributed by atoms with Crippen molar-refractivity contribution in [3.63, 3.8) is 0 Å². The zero-order chi connectivity index (χ0) is 22.5. The summed E-state index contributed by atoms with van der Waals surface area (Å²) >= 11 is 6.71. The monoisotopic (exact) mass is 558 g/mol. The van der Waals surface area contributed by atoms with E-state index in [2.05, 4.69) is 42.4 Å².